The highest BCUT2D eigenvalue weighted by Gasteiger charge is 2.46. The van der Waals surface area contributed by atoms with Crippen molar-refractivity contribution in [1.82, 2.24) is 20.2 Å². The summed E-state index contributed by atoms with van der Waals surface area (Å²) in [5.74, 6) is 0.648. The summed E-state index contributed by atoms with van der Waals surface area (Å²) in [6, 6.07) is 3.99. The number of carbonyl (C=O) groups is 3. The molecule has 3 atom stereocenters. The Hall–Kier alpha value is -4.13. The number of hydrogen-bond acceptors (Lipinski definition) is 11. The van der Waals surface area contributed by atoms with E-state index in [0.717, 1.165) is 73.0 Å². The van der Waals surface area contributed by atoms with Crippen molar-refractivity contribution in [3.05, 3.63) is 39.8 Å². The molecule has 270 valence electrons. The van der Waals surface area contributed by atoms with Crippen LogP contribution in [0.5, 0.6) is 17.4 Å². The highest BCUT2D eigenvalue weighted by atomic mass is 32.1. The number of esters is 1. The standard InChI is InChI=1S/C37H48N4O8S/c1-22-38-25(20-50-22)19-47-32-17-31-27-14-24(30(45-4)16-28(27)39-32)12-9-13-37(2,3)21-48-36(44)40-33(23-10-7-6-8-11-23)34(42)41-18-26(49-31)15-29(41)35(43)46-5/h14,16-17,20,23,26,29,33H,6-13,15,18-19,21H2,1-5H3,(H,40,44)/t26-,29?,33+/m1/s1. The van der Waals surface area contributed by atoms with Gasteiger partial charge >= 0.3 is 12.1 Å². The van der Waals surface area contributed by atoms with Gasteiger partial charge in [-0.3, -0.25) is 4.79 Å². The first kappa shape index (κ1) is 35.7. The molecule has 2 aromatic heterocycles. The van der Waals surface area contributed by atoms with Gasteiger partial charge in [-0.05, 0) is 62.0 Å². The number of aromatic nitrogens is 2. The molecule has 50 heavy (non-hydrogen) atoms. The molecule has 1 saturated carbocycles. The van der Waals surface area contributed by atoms with E-state index in [1.54, 1.807) is 24.5 Å². The Bertz CT molecular complexity index is 1700. The lowest BCUT2D eigenvalue weighted by Gasteiger charge is -2.34. The fourth-order valence-corrected chi connectivity index (χ4v) is 7.97. The van der Waals surface area contributed by atoms with Crippen LogP contribution in [-0.2, 0) is 32.1 Å². The lowest BCUT2D eigenvalue weighted by molar-refractivity contribution is -0.152. The molecule has 1 aliphatic carbocycles. The van der Waals surface area contributed by atoms with Crippen LogP contribution in [0.3, 0.4) is 0 Å². The van der Waals surface area contributed by atoms with Crippen molar-refractivity contribution in [2.75, 3.05) is 27.4 Å². The number of carbonyl (C=O) groups excluding carboxylic acids is 3. The molecule has 3 aliphatic rings. The lowest BCUT2D eigenvalue weighted by atomic mass is 9.83. The maximum absolute atomic E-state index is 14.4. The van der Waals surface area contributed by atoms with Crippen LogP contribution < -0.4 is 19.5 Å². The Morgan fingerprint density at radius 1 is 1.10 bits per heavy atom. The van der Waals surface area contributed by atoms with Gasteiger partial charge in [-0.15, -0.1) is 11.3 Å². The molecule has 0 spiro atoms. The third kappa shape index (κ3) is 8.25. The van der Waals surface area contributed by atoms with Crippen LogP contribution in [0, 0.1) is 18.3 Å². The highest BCUT2D eigenvalue weighted by molar-refractivity contribution is 7.09. The number of methoxy groups -OCH3 is 2. The Balaban J connectivity index is 1.39. The smallest absolute Gasteiger partial charge is 0.407 e. The molecule has 4 bridgehead atoms. The van der Waals surface area contributed by atoms with E-state index >= 15 is 0 Å². The number of fused-ring (bicyclic) bond motifs is 3. The Morgan fingerprint density at radius 3 is 2.62 bits per heavy atom. The largest absolute Gasteiger partial charge is 0.496 e. The number of cyclic esters (lactones) is 1. The molecule has 2 fully saturated rings. The molecule has 1 aromatic carbocycles. The first-order chi connectivity index (χ1) is 24.0. The number of benzene rings is 1. The third-order valence-electron chi connectivity index (χ3n) is 10.1. The number of nitrogens with one attached hydrogen (secondary N) is 1. The molecule has 2 aliphatic heterocycles. The molecule has 2 amide bonds. The van der Waals surface area contributed by atoms with E-state index in [2.05, 4.69) is 24.1 Å². The fraction of sp³-hybridized carbons (Fsp3) is 0.595. The summed E-state index contributed by atoms with van der Waals surface area (Å²) in [5.41, 5.74) is 2.11. The average molecular weight is 709 g/mol. The Labute approximate surface area is 297 Å². The summed E-state index contributed by atoms with van der Waals surface area (Å²) in [4.78, 5) is 51.7. The van der Waals surface area contributed by atoms with E-state index < -0.39 is 30.3 Å². The van der Waals surface area contributed by atoms with Crippen molar-refractivity contribution in [1.29, 1.82) is 0 Å². The number of amides is 2. The number of alkyl carbamates (subject to hydrolysis) is 1. The molecule has 13 heteroatoms. The predicted molar refractivity (Wildman–Crippen MR) is 188 cm³/mol. The van der Waals surface area contributed by atoms with Gasteiger partial charge < -0.3 is 33.9 Å². The van der Waals surface area contributed by atoms with Crippen LogP contribution in [0.2, 0.25) is 0 Å². The van der Waals surface area contributed by atoms with E-state index in [9.17, 15) is 14.4 Å². The van der Waals surface area contributed by atoms with Crippen molar-refractivity contribution in [2.45, 2.75) is 103 Å². The molecule has 1 unspecified atom stereocenters. The van der Waals surface area contributed by atoms with Gasteiger partial charge in [-0.25, -0.2) is 19.6 Å². The zero-order valence-electron chi connectivity index (χ0n) is 29.6. The summed E-state index contributed by atoms with van der Waals surface area (Å²) in [6.45, 7) is 6.64. The molecule has 1 saturated heterocycles. The second-order valence-electron chi connectivity index (χ2n) is 14.4. The van der Waals surface area contributed by atoms with Gasteiger partial charge in [0.15, 0.2) is 0 Å². The van der Waals surface area contributed by atoms with Crippen molar-refractivity contribution in [3.8, 4) is 17.4 Å². The quantitative estimate of drug-likeness (QED) is 0.297. The monoisotopic (exact) mass is 708 g/mol. The van der Waals surface area contributed by atoms with Gasteiger partial charge in [0.1, 0.15) is 36.3 Å². The zero-order chi connectivity index (χ0) is 35.4. The highest BCUT2D eigenvalue weighted by Crippen LogP contribution is 2.38. The number of ether oxygens (including phenoxy) is 5. The van der Waals surface area contributed by atoms with Gasteiger partial charge in [0.25, 0.3) is 0 Å². The minimum atomic E-state index is -0.880. The number of pyridine rings is 1. The van der Waals surface area contributed by atoms with Crippen LogP contribution >= 0.6 is 11.3 Å². The zero-order valence-corrected chi connectivity index (χ0v) is 30.4. The van der Waals surface area contributed by atoms with Gasteiger partial charge in [-0.2, -0.15) is 0 Å². The molecule has 12 nitrogen and oxygen atoms in total. The topological polar surface area (TPSA) is 138 Å². The second-order valence-corrected chi connectivity index (χ2v) is 15.5. The first-order valence-corrected chi connectivity index (χ1v) is 18.5. The SMILES string of the molecule is COC(=O)C1C[C@@H]2CN1C(=O)[C@H](C1CCCCC1)NC(=O)OCC(C)(C)CCCc1cc3c(cc(OCc4csc(C)n4)nc3cc1OC)O2. The van der Waals surface area contributed by atoms with Gasteiger partial charge in [0.05, 0.1) is 43.6 Å². The molecule has 3 aromatic rings. The first-order valence-electron chi connectivity index (χ1n) is 17.6. The molecule has 6 rings (SSSR count). The summed E-state index contributed by atoms with van der Waals surface area (Å²) in [5, 5.41) is 6.59. The van der Waals surface area contributed by atoms with Crippen LogP contribution in [0.1, 0.15) is 81.5 Å². The number of nitrogens with zero attached hydrogens (tertiary/aromatic N) is 3. The minimum absolute atomic E-state index is 0.0700. The summed E-state index contributed by atoms with van der Waals surface area (Å²) in [7, 11) is 2.95. The van der Waals surface area contributed by atoms with Crippen molar-refractivity contribution >= 4 is 40.2 Å². The fourth-order valence-electron chi connectivity index (χ4n) is 7.38. The van der Waals surface area contributed by atoms with E-state index in [0.29, 0.717) is 22.9 Å². The number of rotatable bonds is 6. The number of hydrogen-bond donors (Lipinski definition) is 1. The number of aryl methyl sites for hydroxylation is 2. The molecule has 4 heterocycles. The van der Waals surface area contributed by atoms with Crippen LogP contribution in [0.15, 0.2) is 23.6 Å². The molecular formula is C37H48N4O8S. The second kappa shape index (κ2) is 15.4. The van der Waals surface area contributed by atoms with Gasteiger partial charge in [-0.1, -0.05) is 33.1 Å². The molecular weight excluding hydrogens is 660 g/mol. The van der Waals surface area contributed by atoms with Gasteiger partial charge in [0.2, 0.25) is 11.8 Å². The Kier molecular flexibility index (Phi) is 11.0. The Morgan fingerprint density at radius 2 is 1.90 bits per heavy atom. The summed E-state index contributed by atoms with van der Waals surface area (Å²) in [6.07, 6.45) is 6.00. The molecule has 0 radical (unpaired) electrons. The normalized spacial score (nSPS) is 23.4. The predicted octanol–water partition coefficient (Wildman–Crippen LogP) is 6.15. The van der Waals surface area contributed by atoms with E-state index in [1.165, 1.54) is 12.0 Å². The van der Waals surface area contributed by atoms with Crippen LogP contribution in [0.4, 0.5) is 4.79 Å². The summed E-state index contributed by atoms with van der Waals surface area (Å²) >= 11 is 1.55. The van der Waals surface area contributed by atoms with E-state index in [1.807, 2.05) is 24.4 Å². The van der Waals surface area contributed by atoms with Crippen LogP contribution in [-0.4, -0.2) is 78.4 Å². The summed E-state index contributed by atoms with van der Waals surface area (Å²) < 4.78 is 29.6. The van der Waals surface area contributed by atoms with Crippen LogP contribution in [0.25, 0.3) is 10.9 Å². The molecule has 1 N–H and O–H groups in total. The van der Waals surface area contributed by atoms with Crippen molar-refractivity contribution in [3.63, 3.8) is 0 Å². The van der Waals surface area contributed by atoms with Gasteiger partial charge in [0, 0.05) is 29.3 Å². The van der Waals surface area contributed by atoms with Crippen molar-refractivity contribution < 1.29 is 38.1 Å². The lowest BCUT2D eigenvalue weighted by Crippen LogP contribution is -2.55. The maximum atomic E-state index is 14.4. The van der Waals surface area contributed by atoms with Crippen molar-refractivity contribution in [2.24, 2.45) is 11.3 Å². The third-order valence-corrected chi connectivity index (χ3v) is 10.9. The van der Waals surface area contributed by atoms with E-state index in [-0.39, 0.29) is 43.4 Å². The van der Waals surface area contributed by atoms with E-state index in [4.69, 9.17) is 28.7 Å². The number of thiazole rings is 1. The average Bonchev–Trinajstić information content (AvgIpc) is 3.73. The maximum Gasteiger partial charge on any atom is 0.407 e. The minimum Gasteiger partial charge on any atom is -0.496 e.